The number of sulfone groups is 1. The maximum atomic E-state index is 13.4. The Morgan fingerprint density at radius 3 is 1.32 bits per heavy atom. The van der Waals surface area contributed by atoms with Crippen molar-refractivity contribution >= 4 is 64.9 Å². The van der Waals surface area contributed by atoms with Gasteiger partial charge < -0.3 is 0 Å². The molecule has 4 aromatic rings. The first kappa shape index (κ1) is 22.6. The van der Waals surface area contributed by atoms with Gasteiger partial charge in [0.05, 0.1) is 9.79 Å². The molecule has 0 bridgehead atoms. The third kappa shape index (κ3) is 4.48. The molecule has 4 rings (SSSR count). The van der Waals surface area contributed by atoms with E-state index in [2.05, 4.69) is 31.9 Å². The minimum absolute atomic E-state index is 0.175. The van der Waals surface area contributed by atoms with Gasteiger partial charge in [-0.3, -0.25) is 0 Å². The lowest BCUT2D eigenvalue weighted by Gasteiger charge is -2.12. The smallest absolute Gasteiger partial charge is 0.208 e. The third-order valence-electron chi connectivity index (χ3n) is 4.81. The fourth-order valence-corrected chi connectivity index (χ4v) is 7.17. The lowest BCUT2D eigenvalue weighted by atomic mass is 10.1. The van der Waals surface area contributed by atoms with Crippen molar-refractivity contribution in [3.05, 3.63) is 104 Å². The van der Waals surface area contributed by atoms with E-state index in [4.69, 9.17) is 23.2 Å². The molecule has 0 N–H and O–H groups in total. The molecular weight excluding hydrogens is 583 g/mol. The van der Waals surface area contributed by atoms with Crippen molar-refractivity contribution < 1.29 is 8.42 Å². The Bertz CT molecular complexity index is 1300. The fourth-order valence-electron chi connectivity index (χ4n) is 3.28. The monoisotopic (exact) mass is 594 g/mol. The highest BCUT2D eigenvalue weighted by atomic mass is 79.9. The van der Waals surface area contributed by atoms with Crippen molar-refractivity contribution in [1.29, 1.82) is 0 Å². The van der Waals surface area contributed by atoms with Crippen molar-refractivity contribution in [2.24, 2.45) is 0 Å². The summed E-state index contributed by atoms with van der Waals surface area (Å²) in [6.07, 6.45) is 0. The van der Waals surface area contributed by atoms with Crippen LogP contribution in [0.4, 0.5) is 0 Å². The van der Waals surface area contributed by atoms with E-state index in [0.717, 1.165) is 22.3 Å². The summed E-state index contributed by atoms with van der Waals surface area (Å²) in [5.74, 6) is 0. The van der Waals surface area contributed by atoms with Gasteiger partial charge in [-0.05, 0) is 79.4 Å². The highest BCUT2D eigenvalue weighted by Crippen LogP contribution is 2.38. The van der Waals surface area contributed by atoms with Crippen LogP contribution in [-0.4, -0.2) is 8.42 Å². The van der Waals surface area contributed by atoms with Gasteiger partial charge in [0.25, 0.3) is 0 Å². The van der Waals surface area contributed by atoms with Gasteiger partial charge in [0.2, 0.25) is 9.84 Å². The van der Waals surface area contributed by atoms with Crippen LogP contribution >= 0.6 is 55.1 Å². The first-order valence-corrected chi connectivity index (χ1v) is 13.0. The molecule has 2 nitrogen and oxygen atoms in total. The van der Waals surface area contributed by atoms with Crippen LogP contribution in [0.5, 0.6) is 0 Å². The number of hydrogen-bond donors (Lipinski definition) is 0. The molecule has 0 heterocycles. The Morgan fingerprint density at radius 2 is 0.968 bits per heavy atom. The summed E-state index contributed by atoms with van der Waals surface area (Å²) in [4.78, 5) is 0.351. The van der Waals surface area contributed by atoms with Crippen LogP contribution in [0.3, 0.4) is 0 Å². The van der Waals surface area contributed by atoms with Crippen molar-refractivity contribution in [1.82, 2.24) is 0 Å². The van der Waals surface area contributed by atoms with E-state index >= 15 is 0 Å². The quantitative estimate of drug-likeness (QED) is 0.236. The van der Waals surface area contributed by atoms with Crippen molar-refractivity contribution in [2.45, 2.75) is 9.79 Å². The summed E-state index contributed by atoms with van der Waals surface area (Å²) < 4.78 is 27.7. The van der Waals surface area contributed by atoms with Crippen molar-refractivity contribution in [2.75, 3.05) is 0 Å². The number of rotatable bonds is 4. The summed E-state index contributed by atoms with van der Waals surface area (Å²) in [5, 5.41) is 1.20. The van der Waals surface area contributed by atoms with Gasteiger partial charge in [0.15, 0.2) is 0 Å². The van der Waals surface area contributed by atoms with Gasteiger partial charge in [0.1, 0.15) is 0 Å². The second-order valence-electron chi connectivity index (χ2n) is 6.75. The molecule has 0 atom stereocenters. The highest BCUT2D eigenvalue weighted by Gasteiger charge is 2.24. The maximum absolute atomic E-state index is 13.4. The predicted octanol–water partition coefficient (Wildman–Crippen LogP) is 8.69. The minimum Gasteiger partial charge on any atom is -0.218 e. The Morgan fingerprint density at radius 1 is 0.581 bits per heavy atom. The average Bonchev–Trinajstić information content (AvgIpc) is 2.74. The molecule has 0 aliphatic heterocycles. The predicted molar refractivity (Wildman–Crippen MR) is 135 cm³/mol. The zero-order valence-electron chi connectivity index (χ0n) is 15.8. The second kappa shape index (κ2) is 9.08. The molecule has 0 amide bonds. The van der Waals surface area contributed by atoms with Crippen LogP contribution in [-0.2, 0) is 9.84 Å². The Balaban J connectivity index is 1.75. The van der Waals surface area contributed by atoms with E-state index < -0.39 is 9.84 Å². The normalized spacial score (nSPS) is 11.5. The van der Waals surface area contributed by atoms with Crippen LogP contribution < -0.4 is 0 Å². The molecule has 0 spiro atoms. The number of hydrogen-bond acceptors (Lipinski definition) is 2. The SMILES string of the molecule is O=S(=O)(c1ccc(-c2ccccc2Cl)cc1Br)c1ccc(-c2ccccc2Cl)cc1Br. The van der Waals surface area contributed by atoms with E-state index in [1.165, 1.54) is 0 Å². The molecule has 0 unspecified atom stereocenters. The Hall–Kier alpha value is -1.63. The van der Waals surface area contributed by atoms with Gasteiger partial charge in [-0.15, -0.1) is 0 Å². The fraction of sp³-hybridized carbons (Fsp3) is 0. The van der Waals surface area contributed by atoms with Gasteiger partial charge in [0, 0.05) is 30.1 Å². The summed E-state index contributed by atoms with van der Waals surface area (Å²) in [6.45, 7) is 0. The van der Waals surface area contributed by atoms with Crippen molar-refractivity contribution in [3.8, 4) is 22.3 Å². The van der Waals surface area contributed by atoms with Gasteiger partial charge >= 0.3 is 0 Å². The summed E-state index contributed by atoms with van der Waals surface area (Å²) in [7, 11) is -3.78. The van der Waals surface area contributed by atoms with E-state index in [9.17, 15) is 8.42 Å². The maximum Gasteiger partial charge on any atom is 0.208 e. The lowest BCUT2D eigenvalue weighted by molar-refractivity contribution is 0.595. The van der Waals surface area contributed by atoms with Crippen LogP contribution in [0.15, 0.2) is 104 Å². The molecular formula is C24H14Br2Cl2O2S. The Kier molecular flexibility index (Phi) is 6.61. The molecule has 0 aliphatic rings. The zero-order valence-corrected chi connectivity index (χ0v) is 21.3. The van der Waals surface area contributed by atoms with Crippen LogP contribution in [0, 0.1) is 0 Å². The first-order valence-electron chi connectivity index (χ1n) is 9.13. The van der Waals surface area contributed by atoms with Crippen LogP contribution in [0.2, 0.25) is 10.0 Å². The van der Waals surface area contributed by atoms with E-state index in [0.29, 0.717) is 19.0 Å². The van der Waals surface area contributed by atoms with Gasteiger partial charge in [-0.25, -0.2) is 8.42 Å². The number of benzene rings is 4. The topological polar surface area (TPSA) is 34.1 Å². The molecule has 0 fully saturated rings. The van der Waals surface area contributed by atoms with Gasteiger partial charge in [-0.1, -0.05) is 71.7 Å². The summed E-state index contributed by atoms with van der Waals surface area (Å²) in [6, 6.07) is 25.1. The van der Waals surface area contributed by atoms with E-state index in [1.54, 1.807) is 48.5 Å². The first-order chi connectivity index (χ1) is 14.8. The van der Waals surface area contributed by atoms with Crippen LogP contribution in [0.25, 0.3) is 22.3 Å². The molecule has 7 heteroatoms. The van der Waals surface area contributed by atoms with Gasteiger partial charge in [-0.2, -0.15) is 0 Å². The van der Waals surface area contributed by atoms with Crippen LogP contribution in [0.1, 0.15) is 0 Å². The molecule has 4 aromatic carbocycles. The molecule has 0 saturated heterocycles. The van der Waals surface area contributed by atoms with E-state index in [-0.39, 0.29) is 9.79 Å². The van der Waals surface area contributed by atoms with E-state index in [1.807, 2.05) is 36.4 Å². The standard InChI is InChI=1S/C24H14Br2Cl2O2S/c25-19-13-15(17-5-1-3-7-21(17)27)9-11-23(19)31(29,30)24-12-10-16(14-20(24)26)18-6-2-4-8-22(18)28/h1-14H. The summed E-state index contributed by atoms with van der Waals surface area (Å²) >= 11 is 19.4. The minimum atomic E-state index is -3.78. The summed E-state index contributed by atoms with van der Waals surface area (Å²) in [5.41, 5.74) is 3.31. The highest BCUT2D eigenvalue weighted by molar-refractivity contribution is 9.11. The average molecular weight is 597 g/mol. The largest absolute Gasteiger partial charge is 0.218 e. The molecule has 156 valence electrons. The molecule has 0 aliphatic carbocycles. The molecule has 31 heavy (non-hydrogen) atoms. The van der Waals surface area contributed by atoms with Crippen molar-refractivity contribution in [3.63, 3.8) is 0 Å². The lowest BCUT2D eigenvalue weighted by Crippen LogP contribution is -2.04. The number of halogens is 4. The third-order valence-corrected chi connectivity index (χ3v) is 9.18. The second-order valence-corrected chi connectivity index (χ2v) is 11.2. The zero-order chi connectivity index (χ0) is 22.2. The molecule has 0 saturated carbocycles. The molecule has 0 aromatic heterocycles. The molecule has 0 radical (unpaired) electrons. The Labute approximate surface area is 208 Å².